The Kier molecular flexibility index (Phi) is 6.37. The van der Waals surface area contributed by atoms with E-state index in [1.807, 2.05) is 24.3 Å². The van der Waals surface area contributed by atoms with Gasteiger partial charge in [0.15, 0.2) is 0 Å². The molecule has 0 aliphatic rings. The molecule has 0 unspecified atom stereocenters. The van der Waals surface area contributed by atoms with E-state index in [0.717, 1.165) is 17.0 Å². The number of nitrogens with zero attached hydrogens (tertiary/aromatic N) is 4. The second-order valence-corrected chi connectivity index (χ2v) is 6.53. The fourth-order valence-corrected chi connectivity index (χ4v) is 3.05. The maximum atomic E-state index is 12.9. The first kappa shape index (κ1) is 18.8. The van der Waals surface area contributed by atoms with E-state index in [9.17, 15) is 9.18 Å². The van der Waals surface area contributed by atoms with Gasteiger partial charge in [-0.05, 0) is 58.8 Å². The Hall–Kier alpha value is -2.94. The first-order chi connectivity index (χ1) is 13.2. The molecule has 0 saturated carbocycles. The molecule has 0 saturated heterocycles. The van der Waals surface area contributed by atoms with Crippen LogP contribution in [0.5, 0.6) is 5.75 Å². The predicted molar refractivity (Wildman–Crippen MR) is 99.5 cm³/mol. The lowest BCUT2D eigenvalue weighted by molar-refractivity contribution is -0.118. The Balaban J connectivity index is 1.49. The van der Waals surface area contributed by atoms with Crippen molar-refractivity contribution in [3.05, 3.63) is 59.9 Å². The number of benzene rings is 2. The molecule has 0 aliphatic carbocycles. The van der Waals surface area contributed by atoms with Crippen LogP contribution in [-0.2, 0) is 11.2 Å². The van der Waals surface area contributed by atoms with Crippen LogP contribution in [0.2, 0.25) is 0 Å². The van der Waals surface area contributed by atoms with Gasteiger partial charge in [0.05, 0.1) is 18.6 Å². The van der Waals surface area contributed by atoms with E-state index in [4.69, 9.17) is 4.74 Å². The number of hydrogen-bond donors (Lipinski definition) is 1. The SMILES string of the molecule is COc1ccc(-n2nnnc2SCC(=O)NCCc2ccc(F)cc2)cc1. The standard InChI is InChI=1S/C18H18FN5O2S/c1-26-16-8-6-15(7-9-16)24-18(21-22-23-24)27-12-17(25)20-11-10-13-2-4-14(19)5-3-13/h2-9H,10-12H2,1H3,(H,20,25). The minimum Gasteiger partial charge on any atom is -0.497 e. The summed E-state index contributed by atoms with van der Waals surface area (Å²) in [5, 5.41) is 15.0. The topological polar surface area (TPSA) is 81.9 Å². The van der Waals surface area contributed by atoms with Crippen molar-refractivity contribution in [3.8, 4) is 11.4 Å². The molecule has 0 bridgehead atoms. The zero-order chi connectivity index (χ0) is 19.1. The van der Waals surface area contributed by atoms with Crippen LogP contribution in [0.15, 0.2) is 53.7 Å². The molecule has 1 heterocycles. The number of carbonyl (C=O) groups is 1. The van der Waals surface area contributed by atoms with Crippen molar-refractivity contribution in [1.82, 2.24) is 25.5 Å². The summed E-state index contributed by atoms with van der Waals surface area (Å²) in [5.74, 6) is 0.543. The van der Waals surface area contributed by atoms with Gasteiger partial charge in [0, 0.05) is 6.54 Å². The molecule has 0 fully saturated rings. The first-order valence-electron chi connectivity index (χ1n) is 8.22. The summed E-state index contributed by atoms with van der Waals surface area (Å²) in [7, 11) is 1.60. The highest BCUT2D eigenvalue weighted by molar-refractivity contribution is 7.99. The summed E-state index contributed by atoms with van der Waals surface area (Å²) in [6, 6.07) is 13.5. The third kappa shape index (κ3) is 5.27. The zero-order valence-corrected chi connectivity index (χ0v) is 15.4. The van der Waals surface area contributed by atoms with Crippen LogP contribution < -0.4 is 10.1 Å². The van der Waals surface area contributed by atoms with Gasteiger partial charge in [-0.2, -0.15) is 4.68 Å². The highest BCUT2D eigenvalue weighted by Gasteiger charge is 2.11. The van der Waals surface area contributed by atoms with E-state index in [0.29, 0.717) is 18.1 Å². The summed E-state index contributed by atoms with van der Waals surface area (Å²) in [6.45, 7) is 0.481. The van der Waals surface area contributed by atoms with E-state index < -0.39 is 0 Å². The number of rotatable bonds is 8. The molecule has 27 heavy (non-hydrogen) atoms. The van der Waals surface area contributed by atoms with Crippen molar-refractivity contribution >= 4 is 17.7 Å². The third-order valence-corrected chi connectivity index (χ3v) is 4.66. The van der Waals surface area contributed by atoms with Gasteiger partial charge < -0.3 is 10.1 Å². The summed E-state index contributed by atoms with van der Waals surface area (Å²) in [5.41, 5.74) is 1.74. The lowest BCUT2D eigenvalue weighted by Crippen LogP contribution is -2.27. The Morgan fingerprint density at radius 2 is 1.93 bits per heavy atom. The van der Waals surface area contributed by atoms with Crippen molar-refractivity contribution in [1.29, 1.82) is 0 Å². The number of thioether (sulfide) groups is 1. The molecule has 0 spiro atoms. The molecule has 0 aliphatic heterocycles. The molecular weight excluding hydrogens is 369 g/mol. The minimum absolute atomic E-state index is 0.119. The second-order valence-electron chi connectivity index (χ2n) is 5.59. The fourth-order valence-electron chi connectivity index (χ4n) is 2.33. The van der Waals surface area contributed by atoms with Crippen LogP contribution in [0.1, 0.15) is 5.56 Å². The number of carbonyl (C=O) groups excluding carboxylic acids is 1. The molecule has 3 rings (SSSR count). The van der Waals surface area contributed by atoms with Crippen LogP contribution in [0.4, 0.5) is 4.39 Å². The number of ether oxygens (including phenoxy) is 1. The Morgan fingerprint density at radius 3 is 2.63 bits per heavy atom. The Labute approximate surface area is 159 Å². The van der Waals surface area contributed by atoms with Crippen LogP contribution in [0.3, 0.4) is 0 Å². The monoisotopic (exact) mass is 387 g/mol. The largest absolute Gasteiger partial charge is 0.497 e. The summed E-state index contributed by atoms with van der Waals surface area (Å²) in [6.07, 6.45) is 0.639. The van der Waals surface area contributed by atoms with Crippen molar-refractivity contribution in [2.45, 2.75) is 11.6 Å². The number of amides is 1. The maximum Gasteiger partial charge on any atom is 0.230 e. The minimum atomic E-state index is -0.270. The smallest absolute Gasteiger partial charge is 0.230 e. The second kappa shape index (κ2) is 9.13. The van der Waals surface area contributed by atoms with Crippen molar-refractivity contribution in [2.24, 2.45) is 0 Å². The highest BCUT2D eigenvalue weighted by Crippen LogP contribution is 2.20. The molecule has 0 atom stereocenters. The molecule has 3 aromatic rings. The van der Waals surface area contributed by atoms with E-state index in [-0.39, 0.29) is 17.5 Å². The first-order valence-corrected chi connectivity index (χ1v) is 9.21. The Bertz CT molecular complexity index is 884. The van der Waals surface area contributed by atoms with Crippen LogP contribution in [0, 0.1) is 5.82 Å². The molecule has 7 nitrogen and oxygen atoms in total. The number of halogens is 1. The number of methoxy groups -OCH3 is 1. The lowest BCUT2D eigenvalue weighted by Gasteiger charge is -2.07. The molecule has 9 heteroatoms. The number of nitrogens with one attached hydrogen (secondary N) is 1. The van der Waals surface area contributed by atoms with E-state index in [1.165, 1.54) is 23.9 Å². The van der Waals surface area contributed by atoms with Crippen molar-refractivity contribution in [2.75, 3.05) is 19.4 Å². The quantitative estimate of drug-likeness (QED) is 0.597. The van der Waals surface area contributed by atoms with Gasteiger partial charge in [-0.1, -0.05) is 23.9 Å². The zero-order valence-electron chi connectivity index (χ0n) is 14.6. The van der Waals surface area contributed by atoms with Gasteiger partial charge >= 0.3 is 0 Å². The van der Waals surface area contributed by atoms with Crippen LogP contribution >= 0.6 is 11.8 Å². The molecule has 1 amide bonds. The van der Waals surface area contributed by atoms with E-state index in [2.05, 4.69) is 20.8 Å². The third-order valence-electron chi connectivity index (χ3n) is 3.74. The average molecular weight is 387 g/mol. The molecule has 1 aromatic heterocycles. The van der Waals surface area contributed by atoms with Gasteiger partial charge in [-0.25, -0.2) is 4.39 Å². The highest BCUT2D eigenvalue weighted by atomic mass is 32.2. The number of hydrogen-bond acceptors (Lipinski definition) is 6. The van der Waals surface area contributed by atoms with E-state index >= 15 is 0 Å². The maximum absolute atomic E-state index is 12.9. The van der Waals surface area contributed by atoms with Crippen LogP contribution in [0.25, 0.3) is 5.69 Å². The Morgan fingerprint density at radius 1 is 1.19 bits per heavy atom. The summed E-state index contributed by atoms with van der Waals surface area (Å²) >= 11 is 1.25. The van der Waals surface area contributed by atoms with Crippen LogP contribution in [-0.4, -0.2) is 45.5 Å². The van der Waals surface area contributed by atoms with Gasteiger partial charge in [0.25, 0.3) is 0 Å². The van der Waals surface area contributed by atoms with Gasteiger partial charge in [0.1, 0.15) is 11.6 Å². The molecule has 1 N–H and O–H groups in total. The number of tetrazole rings is 1. The van der Waals surface area contributed by atoms with Gasteiger partial charge in [-0.3, -0.25) is 4.79 Å². The van der Waals surface area contributed by atoms with Crippen molar-refractivity contribution < 1.29 is 13.9 Å². The fraction of sp³-hybridized carbons (Fsp3) is 0.222. The normalized spacial score (nSPS) is 10.6. The molecule has 2 aromatic carbocycles. The lowest BCUT2D eigenvalue weighted by atomic mass is 10.1. The molecular formula is C18H18FN5O2S. The van der Waals surface area contributed by atoms with E-state index in [1.54, 1.807) is 23.9 Å². The summed E-state index contributed by atoms with van der Waals surface area (Å²) in [4.78, 5) is 12.0. The average Bonchev–Trinajstić information content (AvgIpc) is 3.16. The van der Waals surface area contributed by atoms with Gasteiger partial charge in [0.2, 0.25) is 11.1 Å². The predicted octanol–water partition coefficient (Wildman–Crippen LogP) is 2.26. The summed E-state index contributed by atoms with van der Waals surface area (Å²) < 4.78 is 19.6. The molecule has 0 radical (unpaired) electrons. The van der Waals surface area contributed by atoms with Gasteiger partial charge in [-0.15, -0.1) is 5.10 Å². The van der Waals surface area contributed by atoms with Crippen molar-refractivity contribution in [3.63, 3.8) is 0 Å². The number of aromatic nitrogens is 4. The molecule has 140 valence electrons.